The summed E-state index contributed by atoms with van der Waals surface area (Å²) in [6.07, 6.45) is 1.34. The van der Waals surface area contributed by atoms with Crippen LogP contribution >= 0.6 is 0 Å². The number of hydrogen-bond donors (Lipinski definition) is 1. The number of para-hydroxylation sites is 2. The zero-order valence-corrected chi connectivity index (χ0v) is 15.4. The largest absolute Gasteiger partial charge is 0.493 e. The number of ether oxygens (including phenoxy) is 2. The molecule has 0 aliphatic heterocycles. The third-order valence-corrected chi connectivity index (χ3v) is 3.80. The fourth-order valence-electron chi connectivity index (χ4n) is 2.41. The summed E-state index contributed by atoms with van der Waals surface area (Å²) in [4.78, 5) is 22.1. The maximum atomic E-state index is 11.8. The van der Waals surface area contributed by atoms with E-state index in [1.54, 1.807) is 48.5 Å². The van der Waals surface area contributed by atoms with Crippen LogP contribution in [-0.2, 0) is 4.79 Å². The van der Waals surface area contributed by atoms with Crippen LogP contribution in [-0.4, -0.2) is 30.8 Å². The molecule has 0 atom stereocenters. The van der Waals surface area contributed by atoms with Crippen molar-refractivity contribution >= 4 is 17.8 Å². The summed E-state index contributed by atoms with van der Waals surface area (Å²) in [6, 6.07) is 16.3. The third-order valence-electron chi connectivity index (χ3n) is 3.80. The van der Waals surface area contributed by atoms with Gasteiger partial charge < -0.3 is 13.9 Å². The highest BCUT2D eigenvalue weighted by atomic mass is 16.6. The maximum absolute atomic E-state index is 11.8. The molecule has 3 rings (SSSR count). The second-order valence-corrected chi connectivity index (χ2v) is 5.74. The third kappa shape index (κ3) is 5.19. The van der Waals surface area contributed by atoms with Crippen molar-refractivity contribution in [2.45, 2.75) is 0 Å². The molecule has 1 N–H and O–H groups in total. The Morgan fingerprint density at radius 3 is 2.55 bits per heavy atom. The van der Waals surface area contributed by atoms with Crippen molar-refractivity contribution in [2.75, 3.05) is 13.7 Å². The molecule has 0 saturated heterocycles. The van der Waals surface area contributed by atoms with Crippen molar-refractivity contribution in [1.82, 2.24) is 5.43 Å². The van der Waals surface area contributed by atoms with E-state index in [0.717, 1.165) is 0 Å². The highest BCUT2D eigenvalue weighted by Crippen LogP contribution is 2.25. The number of carbonyl (C=O) groups excluding carboxylic acids is 1. The number of nitro benzene ring substituents is 1. The van der Waals surface area contributed by atoms with Crippen LogP contribution in [0.2, 0.25) is 0 Å². The summed E-state index contributed by atoms with van der Waals surface area (Å²) in [6.45, 7) is -0.232. The molecule has 3 aromatic rings. The first-order chi connectivity index (χ1) is 14.1. The van der Waals surface area contributed by atoms with E-state index in [-0.39, 0.29) is 12.3 Å². The molecule has 0 fully saturated rings. The fourth-order valence-corrected chi connectivity index (χ4v) is 2.41. The molecule has 1 heterocycles. The molecule has 1 aromatic heterocycles. The second-order valence-electron chi connectivity index (χ2n) is 5.74. The van der Waals surface area contributed by atoms with Crippen molar-refractivity contribution in [3.8, 4) is 22.8 Å². The van der Waals surface area contributed by atoms with Crippen LogP contribution in [0.4, 0.5) is 5.69 Å². The van der Waals surface area contributed by atoms with Gasteiger partial charge in [0.2, 0.25) is 0 Å². The lowest BCUT2D eigenvalue weighted by Gasteiger charge is -2.08. The number of hydrazone groups is 1. The summed E-state index contributed by atoms with van der Waals surface area (Å²) in [7, 11) is 1.51. The van der Waals surface area contributed by atoms with Gasteiger partial charge in [-0.05, 0) is 36.4 Å². The Labute approximate surface area is 165 Å². The topological polar surface area (TPSA) is 116 Å². The summed E-state index contributed by atoms with van der Waals surface area (Å²) in [5.41, 5.74) is 3.02. The molecule has 9 heteroatoms. The van der Waals surface area contributed by atoms with E-state index in [2.05, 4.69) is 10.5 Å². The molecule has 0 radical (unpaired) electrons. The van der Waals surface area contributed by atoms with Crippen LogP contribution < -0.4 is 14.9 Å². The van der Waals surface area contributed by atoms with Crippen LogP contribution in [0.1, 0.15) is 5.76 Å². The quantitative estimate of drug-likeness (QED) is 0.355. The number of benzene rings is 2. The molecule has 0 spiro atoms. The first kappa shape index (κ1) is 19.6. The molecule has 0 aliphatic rings. The molecule has 9 nitrogen and oxygen atoms in total. The van der Waals surface area contributed by atoms with Gasteiger partial charge in [0.15, 0.2) is 18.1 Å². The monoisotopic (exact) mass is 395 g/mol. The van der Waals surface area contributed by atoms with Crippen molar-refractivity contribution < 1.29 is 23.6 Å². The zero-order chi connectivity index (χ0) is 20.6. The van der Waals surface area contributed by atoms with Crippen LogP contribution in [0.5, 0.6) is 11.5 Å². The van der Waals surface area contributed by atoms with Crippen LogP contribution in [0.15, 0.2) is 70.2 Å². The number of non-ortho nitro benzene ring substituents is 1. The van der Waals surface area contributed by atoms with Crippen LogP contribution in [0.25, 0.3) is 11.3 Å². The number of nitro groups is 1. The van der Waals surface area contributed by atoms with Crippen LogP contribution in [0.3, 0.4) is 0 Å². The molecule has 148 valence electrons. The average Bonchev–Trinajstić information content (AvgIpc) is 3.21. The maximum Gasteiger partial charge on any atom is 0.277 e. The Hall–Kier alpha value is -4.14. The fraction of sp³-hybridized carbons (Fsp3) is 0.100. The normalized spacial score (nSPS) is 10.7. The SMILES string of the molecule is COc1ccccc1OCC(=O)N/N=C\c1ccc(-c2ccc([N+](=O)[O-])cc2)o1. The highest BCUT2D eigenvalue weighted by molar-refractivity contribution is 5.81. The van der Waals surface area contributed by atoms with Gasteiger partial charge in [-0.15, -0.1) is 0 Å². The van der Waals surface area contributed by atoms with Crippen LogP contribution in [0, 0.1) is 10.1 Å². The summed E-state index contributed by atoms with van der Waals surface area (Å²) < 4.78 is 16.1. The van der Waals surface area contributed by atoms with Gasteiger partial charge in [-0.3, -0.25) is 14.9 Å². The molecule has 0 aliphatic carbocycles. The predicted octanol–water partition coefficient (Wildman–Crippen LogP) is 3.39. The smallest absolute Gasteiger partial charge is 0.277 e. The molecule has 2 aromatic carbocycles. The van der Waals surface area contributed by atoms with E-state index in [0.29, 0.717) is 28.6 Å². The lowest BCUT2D eigenvalue weighted by atomic mass is 10.1. The van der Waals surface area contributed by atoms with Gasteiger partial charge in [-0.25, -0.2) is 5.43 Å². The standard InChI is InChI=1S/C20H17N3O6/c1-27-18-4-2-3-5-19(18)28-13-20(24)22-21-12-16-10-11-17(29-16)14-6-8-15(9-7-14)23(25)26/h2-12H,13H2,1H3,(H,22,24)/b21-12-. The van der Waals surface area contributed by atoms with Gasteiger partial charge in [0.05, 0.1) is 18.2 Å². The first-order valence-electron chi connectivity index (χ1n) is 8.49. The number of rotatable bonds is 8. The molecule has 0 unspecified atom stereocenters. The van der Waals surface area contributed by atoms with Gasteiger partial charge in [-0.1, -0.05) is 12.1 Å². The average molecular weight is 395 g/mol. The van der Waals surface area contributed by atoms with Gasteiger partial charge in [-0.2, -0.15) is 5.10 Å². The minimum atomic E-state index is -0.468. The second kappa shape index (κ2) is 9.18. The molecular formula is C20H17N3O6. The van der Waals surface area contributed by atoms with E-state index >= 15 is 0 Å². The number of furan rings is 1. The number of nitrogens with zero attached hydrogens (tertiary/aromatic N) is 2. The number of nitrogens with one attached hydrogen (secondary N) is 1. The molecule has 0 bridgehead atoms. The van der Waals surface area contributed by atoms with E-state index < -0.39 is 10.8 Å². The van der Waals surface area contributed by atoms with E-state index in [4.69, 9.17) is 13.9 Å². The highest BCUT2D eigenvalue weighted by Gasteiger charge is 2.08. The minimum Gasteiger partial charge on any atom is -0.493 e. The Morgan fingerprint density at radius 2 is 1.86 bits per heavy atom. The van der Waals surface area contributed by atoms with Gasteiger partial charge in [0.25, 0.3) is 11.6 Å². The summed E-state index contributed by atoms with van der Waals surface area (Å²) in [5.74, 6) is 1.46. The lowest BCUT2D eigenvalue weighted by molar-refractivity contribution is -0.384. The van der Waals surface area contributed by atoms with Gasteiger partial charge >= 0.3 is 0 Å². The number of methoxy groups -OCH3 is 1. The predicted molar refractivity (Wildman–Crippen MR) is 105 cm³/mol. The van der Waals surface area contributed by atoms with E-state index in [1.807, 2.05) is 0 Å². The lowest BCUT2D eigenvalue weighted by Crippen LogP contribution is -2.24. The molecule has 1 amide bonds. The Bertz CT molecular complexity index is 1030. The van der Waals surface area contributed by atoms with Crippen molar-refractivity contribution in [2.24, 2.45) is 5.10 Å². The van der Waals surface area contributed by atoms with E-state index in [9.17, 15) is 14.9 Å². The number of carbonyl (C=O) groups is 1. The number of amides is 1. The van der Waals surface area contributed by atoms with E-state index in [1.165, 1.54) is 25.5 Å². The van der Waals surface area contributed by atoms with Crippen molar-refractivity contribution in [3.05, 3.63) is 76.5 Å². The van der Waals surface area contributed by atoms with Crippen molar-refractivity contribution in [3.63, 3.8) is 0 Å². The summed E-state index contributed by atoms with van der Waals surface area (Å²) in [5, 5.41) is 14.5. The molecule has 0 saturated carbocycles. The Morgan fingerprint density at radius 1 is 1.14 bits per heavy atom. The molecular weight excluding hydrogens is 378 g/mol. The summed E-state index contributed by atoms with van der Waals surface area (Å²) >= 11 is 0. The van der Waals surface area contributed by atoms with Gasteiger partial charge in [0, 0.05) is 17.7 Å². The zero-order valence-electron chi connectivity index (χ0n) is 15.4. The Balaban J connectivity index is 1.53. The van der Waals surface area contributed by atoms with Gasteiger partial charge in [0.1, 0.15) is 11.5 Å². The first-order valence-corrected chi connectivity index (χ1v) is 8.49. The molecule has 29 heavy (non-hydrogen) atoms. The van der Waals surface area contributed by atoms with Crippen molar-refractivity contribution in [1.29, 1.82) is 0 Å². The number of hydrogen-bond acceptors (Lipinski definition) is 7. The Kier molecular flexibility index (Phi) is 6.21. The minimum absolute atomic E-state index is 0.000135.